The molecule has 1 aromatic carbocycles. The van der Waals surface area contributed by atoms with Gasteiger partial charge in [-0.05, 0) is 52.0 Å². The summed E-state index contributed by atoms with van der Waals surface area (Å²) in [5.41, 5.74) is 1.52. The third kappa shape index (κ3) is 4.96. The summed E-state index contributed by atoms with van der Waals surface area (Å²) < 4.78 is 6.88. The zero-order valence-corrected chi connectivity index (χ0v) is 16.5. The number of urea groups is 1. The highest BCUT2D eigenvalue weighted by Gasteiger charge is 2.33. The Labute approximate surface area is 156 Å². The van der Waals surface area contributed by atoms with Crippen LogP contribution >= 0.6 is 23.1 Å². The lowest BCUT2D eigenvalue weighted by atomic mass is 10.1. The van der Waals surface area contributed by atoms with Crippen LogP contribution in [0.5, 0.6) is 0 Å². The van der Waals surface area contributed by atoms with Gasteiger partial charge in [-0.25, -0.2) is 9.78 Å². The number of aryl methyl sites for hydroxylation is 1. The molecular weight excluding hydrogens is 354 g/mol. The van der Waals surface area contributed by atoms with Gasteiger partial charge in [0.1, 0.15) is 0 Å². The number of rotatable bonds is 3. The summed E-state index contributed by atoms with van der Waals surface area (Å²) in [4.78, 5) is 19.9. The molecule has 1 aliphatic heterocycles. The molecule has 0 radical (unpaired) electrons. The Hall–Kier alpha value is -1.57. The fourth-order valence-electron chi connectivity index (χ4n) is 2.90. The predicted octanol–water partition coefficient (Wildman–Crippen LogP) is 4.63. The van der Waals surface area contributed by atoms with E-state index in [1.165, 1.54) is 0 Å². The number of hydrogen-bond donors (Lipinski definition) is 1. The molecule has 1 aliphatic rings. The van der Waals surface area contributed by atoms with Crippen LogP contribution in [0, 0.1) is 6.92 Å². The second-order valence-corrected chi connectivity index (χ2v) is 9.06. The molecule has 2 amide bonds. The number of anilines is 1. The van der Waals surface area contributed by atoms with E-state index in [2.05, 4.69) is 10.3 Å². The quantitative estimate of drug-likeness (QED) is 0.847. The minimum absolute atomic E-state index is 0.0371. The topological polar surface area (TPSA) is 54.5 Å². The van der Waals surface area contributed by atoms with Crippen molar-refractivity contribution in [2.24, 2.45) is 0 Å². The molecule has 2 aromatic rings. The minimum Gasteiger partial charge on any atom is -0.369 e. The van der Waals surface area contributed by atoms with E-state index >= 15 is 0 Å². The molecule has 1 N–H and O–H groups in total. The number of carbonyl (C=O) groups is 1. The van der Waals surface area contributed by atoms with Crippen LogP contribution in [0.2, 0.25) is 0 Å². The second-order valence-electron chi connectivity index (χ2n) is 6.88. The van der Waals surface area contributed by atoms with Crippen LogP contribution in [0.3, 0.4) is 0 Å². The maximum atomic E-state index is 12.5. The number of nitrogens with one attached hydrogen (secondary N) is 1. The molecule has 0 unspecified atom stereocenters. The molecule has 1 fully saturated rings. The molecule has 1 atom stereocenters. The average Bonchev–Trinajstić information content (AvgIpc) is 2.92. The first-order chi connectivity index (χ1) is 11.8. The van der Waals surface area contributed by atoms with Crippen LogP contribution in [0.1, 0.15) is 26.5 Å². The molecule has 0 bridgehead atoms. The van der Waals surface area contributed by atoms with Gasteiger partial charge in [-0.3, -0.25) is 0 Å². The van der Waals surface area contributed by atoms with E-state index in [0.29, 0.717) is 13.1 Å². The summed E-state index contributed by atoms with van der Waals surface area (Å²) in [6.07, 6.45) is 0.0371. The second kappa shape index (κ2) is 7.35. The van der Waals surface area contributed by atoms with Crippen molar-refractivity contribution in [2.45, 2.75) is 48.6 Å². The average molecular weight is 378 g/mol. The molecule has 3 rings (SSSR count). The van der Waals surface area contributed by atoms with Gasteiger partial charge < -0.3 is 15.0 Å². The Morgan fingerprint density at radius 3 is 2.72 bits per heavy atom. The van der Waals surface area contributed by atoms with Gasteiger partial charge in [0.05, 0.1) is 18.2 Å². The fourth-order valence-corrected chi connectivity index (χ4v) is 4.71. The van der Waals surface area contributed by atoms with Crippen molar-refractivity contribution in [3.63, 3.8) is 0 Å². The number of hydrogen-bond acceptors (Lipinski definition) is 5. The monoisotopic (exact) mass is 377 g/mol. The van der Waals surface area contributed by atoms with Crippen LogP contribution < -0.4 is 5.32 Å². The van der Waals surface area contributed by atoms with Crippen LogP contribution in [0.4, 0.5) is 10.5 Å². The van der Waals surface area contributed by atoms with Crippen molar-refractivity contribution in [3.05, 3.63) is 35.3 Å². The summed E-state index contributed by atoms with van der Waals surface area (Å²) in [5, 5.41) is 5.02. The van der Waals surface area contributed by atoms with Crippen molar-refractivity contribution >= 4 is 34.8 Å². The number of benzene rings is 1. The Morgan fingerprint density at radius 2 is 2.12 bits per heavy atom. The third-order valence-electron chi connectivity index (χ3n) is 3.77. The van der Waals surface area contributed by atoms with E-state index in [1.54, 1.807) is 23.1 Å². The minimum atomic E-state index is -0.318. The SMILES string of the molecule is Cc1csc(Sc2ccc(NC(=O)N3C[C@@H](C)OC(C)(C)C3)cc2)n1. The lowest BCUT2D eigenvalue weighted by Gasteiger charge is -2.41. The van der Waals surface area contributed by atoms with E-state index in [-0.39, 0.29) is 17.7 Å². The lowest BCUT2D eigenvalue weighted by molar-refractivity contribution is -0.116. The van der Waals surface area contributed by atoms with E-state index in [4.69, 9.17) is 4.74 Å². The predicted molar refractivity (Wildman–Crippen MR) is 103 cm³/mol. The highest BCUT2D eigenvalue weighted by atomic mass is 32.2. The summed E-state index contributed by atoms with van der Waals surface area (Å²) in [7, 11) is 0. The Kier molecular flexibility index (Phi) is 5.36. The number of morpholine rings is 1. The first-order valence-corrected chi connectivity index (χ1v) is 9.94. The highest BCUT2D eigenvalue weighted by molar-refractivity contribution is 8.01. The van der Waals surface area contributed by atoms with Gasteiger partial charge in [0, 0.05) is 28.2 Å². The molecule has 1 aromatic heterocycles. The van der Waals surface area contributed by atoms with E-state index < -0.39 is 0 Å². The molecule has 0 saturated carbocycles. The number of thiazole rings is 1. The van der Waals surface area contributed by atoms with Crippen LogP contribution in [0.25, 0.3) is 0 Å². The number of ether oxygens (including phenoxy) is 1. The number of nitrogens with zero attached hydrogens (tertiary/aromatic N) is 2. The molecule has 1 saturated heterocycles. The van der Waals surface area contributed by atoms with Gasteiger partial charge in [0.15, 0.2) is 4.34 Å². The first-order valence-electron chi connectivity index (χ1n) is 8.24. The van der Waals surface area contributed by atoms with Crippen molar-refractivity contribution < 1.29 is 9.53 Å². The molecule has 2 heterocycles. The Bertz CT molecular complexity index is 743. The standard InChI is InChI=1S/C18H23N3O2S2/c1-12-10-24-17(19-12)25-15-7-5-14(6-8-15)20-16(22)21-9-13(2)23-18(3,4)11-21/h5-8,10,13H,9,11H2,1-4H3,(H,20,22)/t13-/m1/s1. The van der Waals surface area contributed by atoms with E-state index in [1.807, 2.05) is 62.2 Å². The van der Waals surface area contributed by atoms with Gasteiger partial charge in [0.25, 0.3) is 0 Å². The molecule has 134 valence electrons. The molecular formula is C18H23N3O2S2. The normalized spacial score (nSPS) is 19.7. The lowest BCUT2D eigenvalue weighted by Crippen LogP contribution is -2.54. The molecule has 5 nitrogen and oxygen atoms in total. The fraction of sp³-hybridized carbons (Fsp3) is 0.444. The highest BCUT2D eigenvalue weighted by Crippen LogP contribution is 2.31. The molecule has 0 spiro atoms. The zero-order valence-electron chi connectivity index (χ0n) is 14.9. The van der Waals surface area contributed by atoms with Crippen molar-refractivity contribution in [1.29, 1.82) is 0 Å². The van der Waals surface area contributed by atoms with Gasteiger partial charge >= 0.3 is 6.03 Å². The van der Waals surface area contributed by atoms with E-state index in [0.717, 1.165) is 20.6 Å². The van der Waals surface area contributed by atoms with Crippen LogP contribution in [-0.4, -0.2) is 40.7 Å². The molecule has 25 heavy (non-hydrogen) atoms. The van der Waals surface area contributed by atoms with Crippen LogP contribution in [0.15, 0.2) is 38.9 Å². The van der Waals surface area contributed by atoms with Crippen LogP contribution in [-0.2, 0) is 4.74 Å². The molecule has 7 heteroatoms. The maximum absolute atomic E-state index is 12.5. The maximum Gasteiger partial charge on any atom is 0.322 e. The Balaban J connectivity index is 1.60. The number of amides is 2. The zero-order chi connectivity index (χ0) is 18.0. The van der Waals surface area contributed by atoms with E-state index in [9.17, 15) is 4.79 Å². The third-order valence-corrected chi connectivity index (χ3v) is 5.83. The van der Waals surface area contributed by atoms with Gasteiger partial charge in [-0.1, -0.05) is 11.8 Å². The summed E-state index contributed by atoms with van der Waals surface area (Å²) >= 11 is 3.27. The van der Waals surface area contributed by atoms with Gasteiger partial charge in [-0.2, -0.15) is 0 Å². The van der Waals surface area contributed by atoms with Gasteiger partial charge in [-0.15, -0.1) is 11.3 Å². The largest absolute Gasteiger partial charge is 0.369 e. The first kappa shape index (κ1) is 18.2. The number of carbonyl (C=O) groups excluding carboxylic acids is 1. The Morgan fingerprint density at radius 1 is 1.40 bits per heavy atom. The summed E-state index contributed by atoms with van der Waals surface area (Å²) in [6.45, 7) is 9.19. The molecule has 0 aliphatic carbocycles. The van der Waals surface area contributed by atoms with Gasteiger partial charge in [0.2, 0.25) is 0 Å². The van der Waals surface area contributed by atoms with Crippen molar-refractivity contribution in [3.8, 4) is 0 Å². The number of aromatic nitrogens is 1. The van der Waals surface area contributed by atoms with Crippen molar-refractivity contribution in [2.75, 3.05) is 18.4 Å². The van der Waals surface area contributed by atoms with Crippen molar-refractivity contribution in [1.82, 2.24) is 9.88 Å². The summed E-state index contributed by atoms with van der Waals surface area (Å²) in [5.74, 6) is 0. The smallest absolute Gasteiger partial charge is 0.322 e. The summed E-state index contributed by atoms with van der Waals surface area (Å²) in [6, 6.07) is 7.77.